The zero-order chi connectivity index (χ0) is 9.83. The molecule has 0 amide bonds. The number of alkyl halides is 2. The maximum atomic E-state index is 13.1. The summed E-state index contributed by atoms with van der Waals surface area (Å²) in [5.41, 5.74) is -1.01. The maximum Gasteiger partial charge on any atom is 0.271 e. The van der Waals surface area contributed by atoms with Crippen LogP contribution in [0.4, 0.5) is 8.78 Å². The molecule has 12 heavy (non-hydrogen) atoms. The summed E-state index contributed by atoms with van der Waals surface area (Å²) in [6.45, 7) is 6.35. The fraction of sp³-hybridized carbons (Fsp3) is 0.600. The molecule has 0 heterocycles. The Bertz CT molecular complexity index is 183. The molecule has 0 aromatic carbocycles. The summed E-state index contributed by atoms with van der Waals surface area (Å²) in [5.74, 6) is -2.74. The highest BCUT2D eigenvalue weighted by molar-refractivity contribution is 5.09. The Morgan fingerprint density at radius 1 is 1.00 bits per heavy atom. The van der Waals surface area contributed by atoms with Crippen LogP contribution in [0.1, 0.15) is 27.7 Å². The zero-order valence-corrected chi connectivity index (χ0v) is 8.07. The van der Waals surface area contributed by atoms with Crippen molar-refractivity contribution in [3.63, 3.8) is 0 Å². The monoisotopic (exact) mass is 174 g/mol. The average Bonchev–Trinajstić information content (AvgIpc) is 1.85. The van der Waals surface area contributed by atoms with Crippen molar-refractivity contribution in [2.45, 2.75) is 33.6 Å². The Morgan fingerprint density at radius 2 is 1.50 bits per heavy atom. The van der Waals surface area contributed by atoms with E-state index in [0.29, 0.717) is 0 Å². The van der Waals surface area contributed by atoms with E-state index in [1.807, 2.05) is 0 Å². The number of rotatable bonds is 2. The van der Waals surface area contributed by atoms with Gasteiger partial charge in [-0.1, -0.05) is 39.0 Å². The lowest BCUT2D eigenvalue weighted by Gasteiger charge is -2.27. The molecule has 70 valence electrons. The second-order valence-electron chi connectivity index (χ2n) is 3.76. The van der Waals surface area contributed by atoms with Crippen molar-refractivity contribution >= 4 is 0 Å². The van der Waals surface area contributed by atoms with E-state index in [2.05, 4.69) is 0 Å². The summed E-state index contributed by atoms with van der Waals surface area (Å²) >= 11 is 0. The predicted molar refractivity (Wildman–Crippen MR) is 48.4 cm³/mol. The smallest absolute Gasteiger partial charge is 0.201 e. The Morgan fingerprint density at radius 3 is 1.83 bits per heavy atom. The minimum Gasteiger partial charge on any atom is -0.201 e. The highest BCUT2D eigenvalue weighted by atomic mass is 19.3. The first-order valence-electron chi connectivity index (χ1n) is 3.99. The predicted octanol–water partition coefficient (Wildman–Crippen LogP) is 3.80. The molecule has 0 rings (SSSR count). The van der Waals surface area contributed by atoms with E-state index in [-0.39, 0.29) is 0 Å². The third-order valence-corrected chi connectivity index (χ3v) is 1.61. The molecule has 0 aliphatic carbocycles. The third-order valence-electron chi connectivity index (χ3n) is 1.61. The van der Waals surface area contributed by atoms with Crippen LogP contribution in [0.3, 0.4) is 0 Å². The lowest BCUT2D eigenvalue weighted by molar-refractivity contribution is -0.0499. The van der Waals surface area contributed by atoms with Gasteiger partial charge in [0, 0.05) is 5.41 Å². The second kappa shape index (κ2) is 3.83. The van der Waals surface area contributed by atoms with Gasteiger partial charge in [-0.15, -0.1) is 0 Å². The Hall–Kier alpha value is -0.660. The molecule has 0 atom stereocenters. The van der Waals surface area contributed by atoms with E-state index in [1.54, 1.807) is 19.1 Å². The van der Waals surface area contributed by atoms with Gasteiger partial charge in [0.15, 0.2) is 0 Å². The first-order valence-corrected chi connectivity index (χ1v) is 3.99. The number of hydrogen-bond acceptors (Lipinski definition) is 0. The SMILES string of the molecule is C/C=C/C=C\C(F)(F)C(C)(C)C. The first kappa shape index (κ1) is 11.3. The van der Waals surface area contributed by atoms with Gasteiger partial charge >= 0.3 is 0 Å². The molecule has 0 saturated heterocycles. The molecule has 0 N–H and O–H groups in total. The van der Waals surface area contributed by atoms with Crippen LogP contribution in [0, 0.1) is 5.41 Å². The first-order chi connectivity index (χ1) is 5.31. The van der Waals surface area contributed by atoms with Gasteiger partial charge in [-0.2, -0.15) is 0 Å². The van der Waals surface area contributed by atoms with Gasteiger partial charge in [0.25, 0.3) is 5.92 Å². The van der Waals surface area contributed by atoms with Gasteiger partial charge in [-0.25, -0.2) is 8.78 Å². The van der Waals surface area contributed by atoms with Crippen LogP contribution in [0.25, 0.3) is 0 Å². The fourth-order valence-corrected chi connectivity index (χ4v) is 0.538. The Kier molecular flexibility index (Phi) is 3.62. The van der Waals surface area contributed by atoms with Crippen molar-refractivity contribution in [1.82, 2.24) is 0 Å². The molecule has 0 aliphatic rings. The van der Waals surface area contributed by atoms with Gasteiger partial charge < -0.3 is 0 Å². The number of halogens is 2. The van der Waals surface area contributed by atoms with Crippen LogP contribution in [0.2, 0.25) is 0 Å². The number of allylic oxidation sites excluding steroid dienone is 4. The largest absolute Gasteiger partial charge is 0.271 e. The van der Waals surface area contributed by atoms with Gasteiger partial charge in [-0.3, -0.25) is 0 Å². The van der Waals surface area contributed by atoms with Crippen molar-refractivity contribution in [3.05, 3.63) is 24.3 Å². The molecule has 0 aliphatic heterocycles. The highest BCUT2D eigenvalue weighted by Crippen LogP contribution is 2.36. The van der Waals surface area contributed by atoms with Crippen LogP contribution in [0.5, 0.6) is 0 Å². The van der Waals surface area contributed by atoms with Gasteiger partial charge in [0.2, 0.25) is 0 Å². The summed E-state index contributed by atoms with van der Waals surface area (Å²) in [4.78, 5) is 0. The van der Waals surface area contributed by atoms with E-state index < -0.39 is 11.3 Å². The summed E-state index contributed by atoms with van der Waals surface area (Å²) < 4.78 is 26.3. The van der Waals surface area contributed by atoms with Crippen LogP contribution >= 0.6 is 0 Å². The summed E-state index contributed by atoms with van der Waals surface area (Å²) in [5, 5.41) is 0. The molecule has 0 unspecified atom stereocenters. The zero-order valence-electron chi connectivity index (χ0n) is 8.07. The quantitative estimate of drug-likeness (QED) is 0.558. The Labute approximate surface area is 73.0 Å². The molecule has 0 spiro atoms. The molecule has 0 aromatic heterocycles. The van der Waals surface area contributed by atoms with Crippen molar-refractivity contribution in [2.75, 3.05) is 0 Å². The normalized spacial score (nSPS) is 14.8. The topological polar surface area (TPSA) is 0 Å². The molecule has 0 nitrogen and oxygen atoms in total. The Balaban J connectivity index is 4.42. The van der Waals surface area contributed by atoms with Crippen LogP contribution < -0.4 is 0 Å². The molecular weight excluding hydrogens is 158 g/mol. The standard InChI is InChI=1S/C10H16F2/c1-5-6-7-8-10(11,12)9(2,3)4/h5-8H,1-4H3/b6-5+,8-7-. The third kappa shape index (κ3) is 3.16. The van der Waals surface area contributed by atoms with Crippen molar-refractivity contribution in [1.29, 1.82) is 0 Å². The lowest BCUT2D eigenvalue weighted by atomic mass is 9.88. The maximum absolute atomic E-state index is 13.1. The summed E-state index contributed by atoms with van der Waals surface area (Å²) in [6.07, 6.45) is 5.63. The van der Waals surface area contributed by atoms with Gasteiger partial charge in [0.05, 0.1) is 0 Å². The molecule has 0 aromatic rings. The number of hydrogen-bond donors (Lipinski definition) is 0. The fourth-order valence-electron chi connectivity index (χ4n) is 0.538. The van der Waals surface area contributed by atoms with Gasteiger partial charge in [0.1, 0.15) is 0 Å². The van der Waals surface area contributed by atoms with Crippen LogP contribution in [-0.4, -0.2) is 5.92 Å². The van der Waals surface area contributed by atoms with E-state index in [9.17, 15) is 8.78 Å². The lowest BCUT2D eigenvalue weighted by Crippen LogP contribution is -2.31. The van der Waals surface area contributed by atoms with Crippen molar-refractivity contribution < 1.29 is 8.78 Å². The minimum absolute atomic E-state index is 0.938. The van der Waals surface area contributed by atoms with Crippen molar-refractivity contribution in [2.24, 2.45) is 5.41 Å². The second-order valence-corrected chi connectivity index (χ2v) is 3.76. The van der Waals surface area contributed by atoms with Crippen LogP contribution in [-0.2, 0) is 0 Å². The molecule has 0 radical (unpaired) electrons. The summed E-state index contributed by atoms with van der Waals surface area (Å²) in [7, 11) is 0. The van der Waals surface area contributed by atoms with Crippen LogP contribution in [0.15, 0.2) is 24.3 Å². The average molecular weight is 174 g/mol. The summed E-state index contributed by atoms with van der Waals surface area (Å²) in [6, 6.07) is 0. The van der Waals surface area contributed by atoms with E-state index >= 15 is 0 Å². The highest BCUT2D eigenvalue weighted by Gasteiger charge is 2.39. The molecule has 0 saturated carbocycles. The molecule has 0 fully saturated rings. The minimum atomic E-state index is -2.74. The molecular formula is C10H16F2. The van der Waals surface area contributed by atoms with E-state index in [0.717, 1.165) is 6.08 Å². The van der Waals surface area contributed by atoms with Gasteiger partial charge in [-0.05, 0) is 13.0 Å². The molecule has 0 bridgehead atoms. The van der Waals surface area contributed by atoms with Crippen molar-refractivity contribution in [3.8, 4) is 0 Å². The van der Waals surface area contributed by atoms with E-state index in [4.69, 9.17) is 0 Å². The molecule has 2 heteroatoms. The van der Waals surface area contributed by atoms with E-state index in [1.165, 1.54) is 26.8 Å².